The van der Waals surface area contributed by atoms with Crippen molar-refractivity contribution in [1.29, 1.82) is 0 Å². The Morgan fingerprint density at radius 3 is 2.11 bits per heavy atom. The second-order valence-corrected chi connectivity index (χ2v) is 12.4. The predicted octanol–water partition coefficient (Wildman–Crippen LogP) is 8.36. The molecule has 5 nitrogen and oxygen atoms in total. The molecule has 1 aliphatic heterocycles. The molecule has 45 heavy (non-hydrogen) atoms. The van der Waals surface area contributed by atoms with Crippen LogP contribution in [-0.2, 0) is 22.6 Å². The van der Waals surface area contributed by atoms with E-state index in [1.165, 1.54) is 4.90 Å². The highest BCUT2D eigenvalue weighted by Crippen LogP contribution is 2.43. The molecule has 2 N–H and O–H groups in total. The number of aliphatic hydroxyl groups excluding tert-OH is 1. The number of amides is 1. The van der Waals surface area contributed by atoms with Gasteiger partial charge < -0.3 is 19.9 Å². The molecule has 1 fully saturated rings. The third-order valence-corrected chi connectivity index (χ3v) is 9.37. The van der Waals surface area contributed by atoms with Crippen molar-refractivity contribution in [1.82, 2.24) is 5.32 Å². The highest BCUT2D eigenvalue weighted by atomic mass is 32.2. The summed E-state index contributed by atoms with van der Waals surface area (Å²) < 4.78 is 13.3. The monoisotopic (exact) mass is 615 g/mol. The molecule has 1 heterocycles. The number of ether oxygens (including phenoxy) is 2. The molecule has 4 unspecified atom stereocenters. The Hall–Kier alpha value is -4.20. The van der Waals surface area contributed by atoms with Crippen molar-refractivity contribution >= 4 is 17.7 Å². The molecular formula is C39H37NO4S. The van der Waals surface area contributed by atoms with Gasteiger partial charge in [-0.1, -0.05) is 116 Å². The van der Waals surface area contributed by atoms with Crippen LogP contribution in [0.1, 0.15) is 51.9 Å². The maximum Gasteiger partial charge on any atom is 0.251 e. The minimum Gasteiger partial charge on any atom is -0.392 e. The Labute approximate surface area is 269 Å². The molecule has 0 aromatic heterocycles. The molecule has 1 saturated heterocycles. The van der Waals surface area contributed by atoms with Crippen molar-refractivity contribution in [2.45, 2.75) is 43.5 Å². The van der Waals surface area contributed by atoms with Crippen LogP contribution in [0.4, 0.5) is 0 Å². The molecule has 5 aromatic carbocycles. The molecule has 0 saturated carbocycles. The Balaban J connectivity index is 1.21. The van der Waals surface area contributed by atoms with E-state index in [9.17, 15) is 9.90 Å². The van der Waals surface area contributed by atoms with Crippen molar-refractivity contribution in [3.63, 3.8) is 0 Å². The number of aliphatic hydroxyl groups is 1. The standard InChI is InChI=1S/C39H37NO4S/c1-27-36(26-45-34-13-6-3-7-14-34)43-39(44-37(27)30-18-16-28(25-41)17-19-30)32-22-20-29(21-23-32)35-15-9-8-12-33(35)24-40-38(42)31-10-4-2-5-11-31/h2-23,27,36-37,39,41H,24-26H2,1H3,(H,40,42). The first-order valence-electron chi connectivity index (χ1n) is 15.3. The molecule has 6 rings (SSSR count). The van der Waals surface area contributed by atoms with E-state index in [2.05, 4.69) is 66.8 Å². The quantitative estimate of drug-likeness (QED) is 0.155. The van der Waals surface area contributed by atoms with Crippen LogP contribution in [-0.4, -0.2) is 22.9 Å². The van der Waals surface area contributed by atoms with Gasteiger partial charge in [0.05, 0.1) is 18.8 Å². The van der Waals surface area contributed by atoms with Gasteiger partial charge in [0.25, 0.3) is 5.91 Å². The summed E-state index contributed by atoms with van der Waals surface area (Å²) in [6.45, 7) is 2.63. The lowest BCUT2D eigenvalue weighted by Gasteiger charge is -2.41. The maximum absolute atomic E-state index is 12.7. The minimum absolute atomic E-state index is 0.0122. The summed E-state index contributed by atoms with van der Waals surface area (Å²) in [6.07, 6.45) is -0.726. The van der Waals surface area contributed by atoms with E-state index in [-0.39, 0.29) is 30.6 Å². The maximum atomic E-state index is 12.7. The third kappa shape index (κ3) is 7.55. The van der Waals surface area contributed by atoms with E-state index >= 15 is 0 Å². The minimum atomic E-state index is -0.528. The fraction of sp³-hybridized carbons (Fsp3) is 0.205. The largest absolute Gasteiger partial charge is 0.392 e. The summed E-state index contributed by atoms with van der Waals surface area (Å²) in [5, 5.41) is 12.6. The lowest BCUT2D eigenvalue weighted by atomic mass is 9.91. The van der Waals surface area contributed by atoms with Crippen molar-refractivity contribution in [3.05, 3.63) is 161 Å². The number of thioether (sulfide) groups is 1. The zero-order valence-corrected chi connectivity index (χ0v) is 26.0. The van der Waals surface area contributed by atoms with Crippen molar-refractivity contribution in [2.75, 3.05) is 5.75 Å². The summed E-state index contributed by atoms with van der Waals surface area (Å²) in [4.78, 5) is 13.9. The molecule has 1 aliphatic rings. The van der Waals surface area contributed by atoms with Crippen LogP contribution in [0.2, 0.25) is 0 Å². The van der Waals surface area contributed by atoms with Crippen LogP contribution in [0.15, 0.2) is 138 Å². The normalized spacial score (nSPS) is 19.6. The average molecular weight is 616 g/mol. The van der Waals surface area contributed by atoms with Gasteiger partial charge in [-0.2, -0.15) is 0 Å². The smallest absolute Gasteiger partial charge is 0.251 e. The fourth-order valence-electron chi connectivity index (χ4n) is 5.65. The Bertz CT molecular complexity index is 1680. The van der Waals surface area contributed by atoms with Gasteiger partial charge in [-0.05, 0) is 52.1 Å². The number of nitrogens with one attached hydrogen (secondary N) is 1. The number of rotatable bonds is 10. The molecule has 5 aromatic rings. The van der Waals surface area contributed by atoms with Crippen LogP contribution in [0, 0.1) is 5.92 Å². The summed E-state index contributed by atoms with van der Waals surface area (Å²) in [5.41, 5.74) is 6.71. The molecular weight excluding hydrogens is 578 g/mol. The number of hydrogen-bond donors (Lipinski definition) is 2. The molecule has 0 spiro atoms. The zero-order chi connectivity index (χ0) is 31.0. The van der Waals surface area contributed by atoms with Gasteiger partial charge in [0, 0.05) is 34.2 Å². The van der Waals surface area contributed by atoms with E-state index in [1.807, 2.05) is 78.9 Å². The topological polar surface area (TPSA) is 67.8 Å². The van der Waals surface area contributed by atoms with Crippen LogP contribution in [0.5, 0.6) is 0 Å². The molecule has 4 atom stereocenters. The van der Waals surface area contributed by atoms with E-state index in [0.29, 0.717) is 12.1 Å². The predicted molar refractivity (Wildman–Crippen MR) is 180 cm³/mol. The van der Waals surface area contributed by atoms with Gasteiger partial charge in [-0.25, -0.2) is 0 Å². The fourth-order valence-corrected chi connectivity index (χ4v) is 6.74. The van der Waals surface area contributed by atoms with Gasteiger partial charge in [0.2, 0.25) is 0 Å². The van der Waals surface area contributed by atoms with Gasteiger partial charge >= 0.3 is 0 Å². The summed E-state index contributed by atoms with van der Waals surface area (Å²) in [7, 11) is 0. The zero-order valence-electron chi connectivity index (χ0n) is 25.2. The van der Waals surface area contributed by atoms with Gasteiger partial charge in [0.15, 0.2) is 6.29 Å². The average Bonchev–Trinajstić information content (AvgIpc) is 3.11. The van der Waals surface area contributed by atoms with E-state index in [4.69, 9.17) is 9.47 Å². The molecule has 0 radical (unpaired) electrons. The van der Waals surface area contributed by atoms with Crippen LogP contribution >= 0.6 is 11.8 Å². The van der Waals surface area contributed by atoms with Crippen LogP contribution < -0.4 is 5.32 Å². The number of benzene rings is 5. The van der Waals surface area contributed by atoms with Gasteiger partial charge in [-0.15, -0.1) is 11.8 Å². The second-order valence-electron chi connectivity index (χ2n) is 11.3. The highest BCUT2D eigenvalue weighted by Gasteiger charge is 2.38. The summed E-state index contributed by atoms with van der Waals surface area (Å²) >= 11 is 1.79. The first-order chi connectivity index (χ1) is 22.1. The number of hydrogen-bond acceptors (Lipinski definition) is 5. The Morgan fingerprint density at radius 2 is 1.40 bits per heavy atom. The van der Waals surface area contributed by atoms with Crippen molar-refractivity contribution in [3.8, 4) is 11.1 Å². The first kappa shape index (κ1) is 30.8. The highest BCUT2D eigenvalue weighted by molar-refractivity contribution is 7.99. The van der Waals surface area contributed by atoms with E-state index < -0.39 is 6.29 Å². The van der Waals surface area contributed by atoms with E-state index in [0.717, 1.165) is 39.1 Å². The number of carbonyl (C=O) groups excluding carboxylic acids is 1. The van der Waals surface area contributed by atoms with Crippen molar-refractivity contribution < 1.29 is 19.4 Å². The Morgan fingerprint density at radius 1 is 0.756 bits per heavy atom. The van der Waals surface area contributed by atoms with Crippen molar-refractivity contribution in [2.24, 2.45) is 5.92 Å². The summed E-state index contributed by atoms with van der Waals surface area (Å²) in [5.74, 6) is 0.827. The SMILES string of the molecule is CC1C(CSc2ccccc2)OC(c2ccc(-c3ccccc3CNC(=O)c3ccccc3)cc2)OC1c1ccc(CO)cc1. The number of carbonyl (C=O) groups is 1. The first-order valence-corrected chi connectivity index (χ1v) is 16.3. The van der Waals surface area contributed by atoms with E-state index in [1.54, 1.807) is 11.8 Å². The molecule has 0 aliphatic carbocycles. The molecule has 6 heteroatoms. The Kier molecular flexibility index (Phi) is 10.1. The molecule has 228 valence electrons. The second kappa shape index (κ2) is 14.7. The van der Waals surface area contributed by atoms with Crippen LogP contribution in [0.3, 0.4) is 0 Å². The molecule has 1 amide bonds. The lowest BCUT2D eigenvalue weighted by molar-refractivity contribution is -0.268. The van der Waals surface area contributed by atoms with Gasteiger partial charge in [-0.3, -0.25) is 4.79 Å². The summed E-state index contributed by atoms with van der Waals surface area (Å²) in [6, 6.07) is 44.1. The third-order valence-electron chi connectivity index (χ3n) is 8.27. The lowest BCUT2D eigenvalue weighted by Crippen LogP contribution is -2.38. The van der Waals surface area contributed by atoms with Crippen LogP contribution in [0.25, 0.3) is 11.1 Å². The molecule has 0 bridgehead atoms. The van der Waals surface area contributed by atoms with Gasteiger partial charge in [0.1, 0.15) is 0 Å².